The van der Waals surface area contributed by atoms with Gasteiger partial charge in [0, 0.05) is 6.42 Å². The van der Waals surface area contributed by atoms with Gasteiger partial charge in [-0.2, -0.15) is 0 Å². The Labute approximate surface area is 181 Å². The van der Waals surface area contributed by atoms with Crippen molar-refractivity contribution in [1.29, 1.82) is 0 Å². The van der Waals surface area contributed by atoms with Crippen molar-refractivity contribution in [3.63, 3.8) is 0 Å². The number of aliphatic carboxylic acids is 1. The standard InChI is InChI=1S/C21H32N4O6/c1-4-12(2)17(21(30)31)25-20(29)16(10-14-8-6-5-7-9-14)24-18(27)13(3)23-19(28)15(22)11-26/h5-9,12-13,15-17,26H,4,10-11,22H2,1-3H3,(H,23,28)(H,24,27)(H,25,29)(H,30,31). The van der Waals surface area contributed by atoms with E-state index in [0.717, 1.165) is 5.56 Å². The zero-order valence-corrected chi connectivity index (χ0v) is 18.0. The third kappa shape index (κ3) is 8.35. The van der Waals surface area contributed by atoms with Crippen molar-refractivity contribution in [2.45, 2.75) is 57.8 Å². The summed E-state index contributed by atoms with van der Waals surface area (Å²) >= 11 is 0. The lowest BCUT2D eigenvalue weighted by Crippen LogP contribution is -2.57. The summed E-state index contributed by atoms with van der Waals surface area (Å²) in [6, 6.07) is 4.56. The maximum absolute atomic E-state index is 12.9. The quantitative estimate of drug-likeness (QED) is 0.248. The van der Waals surface area contributed by atoms with E-state index < -0.39 is 54.5 Å². The van der Waals surface area contributed by atoms with Gasteiger partial charge in [-0.25, -0.2) is 4.79 Å². The number of carbonyl (C=O) groups excluding carboxylic acids is 3. The highest BCUT2D eigenvalue weighted by Gasteiger charge is 2.31. The van der Waals surface area contributed by atoms with Gasteiger partial charge in [0.2, 0.25) is 17.7 Å². The molecule has 31 heavy (non-hydrogen) atoms. The van der Waals surface area contributed by atoms with Crippen LogP contribution in [0, 0.1) is 5.92 Å². The molecule has 7 N–H and O–H groups in total. The lowest BCUT2D eigenvalue weighted by molar-refractivity contribution is -0.143. The maximum Gasteiger partial charge on any atom is 0.326 e. The molecule has 1 aromatic rings. The molecule has 1 rings (SSSR count). The average molecular weight is 437 g/mol. The fourth-order valence-electron chi connectivity index (χ4n) is 2.76. The first kappa shape index (κ1) is 26.1. The number of carboxylic acids is 1. The minimum absolute atomic E-state index is 0.127. The zero-order valence-electron chi connectivity index (χ0n) is 18.0. The Morgan fingerprint density at radius 1 is 0.968 bits per heavy atom. The lowest BCUT2D eigenvalue weighted by atomic mass is 9.98. The Morgan fingerprint density at radius 3 is 2.10 bits per heavy atom. The van der Waals surface area contributed by atoms with Crippen LogP contribution in [0.2, 0.25) is 0 Å². The van der Waals surface area contributed by atoms with E-state index in [2.05, 4.69) is 16.0 Å². The summed E-state index contributed by atoms with van der Waals surface area (Å²) in [5.41, 5.74) is 6.19. The molecule has 3 amide bonds. The van der Waals surface area contributed by atoms with Crippen molar-refractivity contribution >= 4 is 23.7 Å². The first-order chi connectivity index (χ1) is 14.6. The summed E-state index contributed by atoms with van der Waals surface area (Å²) < 4.78 is 0. The van der Waals surface area contributed by atoms with E-state index in [1.165, 1.54) is 6.92 Å². The van der Waals surface area contributed by atoms with E-state index in [1.54, 1.807) is 31.2 Å². The second kappa shape index (κ2) is 12.7. The van der Waals surface area contributed by atoms with Crippen molar-refractivity contribution < 1.29 is 29.4 Å². The van der Waals surface area contributed by atoms with Gasteiger partial charge in [-0.3, -0.25) is 14.4 Å². The highest BCUT2D eigenvalue weighted by atomic mass is 16.4. The smallest absolute Gasteiger partial charge is 0.326 e. The molecular weight excluding hydrogens is 404 g/mol. The van der Waals surface area contributed by atoms with E-state index in [9.17, 15) is 24.3 Å². The van der Waals surface area contributed by atoms with Gasteiger partial charge in [0.25, 0.3) is 0 Å². The molecule has 0 saturated carbocycles. The summed E-state index contributed by atoms with van der Waals surface area (Å²) in [5, 5.41) is 25.8. The summed E-state index contributed by atoms with van der Waals surface area (Å²) in [4.78, 5) is 48.9. The van der Waals surface area contributed by atoms with Gasteiger partial charge in [0.15, 0.2) is 0 Å². The number of benzene rings is 1. The first-order valence-corrected chi connectivity index (χ1v) is 10.1. The maximum atomic E-state index is 12.9. The highest BCUT2D eigenvalue weighted by Crippen LogP contribution is 2.10. The summed E-state index contributed by atoms with van der Waals surface area (Å²) in [7, 11) is 0. The number of hydrogen-bond acceptors (Lipinski definition) is 6. The third-order valence-electron chi connectivity index (χ3n) is 4.98. The second-order valence-electron chi connectivity index (χ2n) is 7.48. The Hall–Kier alpha value is -2.98. The van der Waals surface area contributed by atoms with Crippen molar-refractivity contribution in [2.24, 2.45) is 11.7 Å². The number of nitrogens with one attached hydrogen (secondary N) is 3. The van der Waals surface area contributed by atoms with E-state index >= 15 is 0 Å². The molecule has 10 heteroatoms. The van der Waals surface area contributed by atoms with Crippen molar-refractivity contribution in [2.75, 3.05) is 6.61 Å². The van der Waals surface area contributed by atoms with Gasteiger partial charge in [-0.05, 0) is 18.4 Å². The van der Waals surface area contributed by atoms with Gasteiger partial charge < -0.3 is 31.9 Å². The van der Waals surface area contributed by atoms with Crippen LogP contribution in [0.25, 0.3) is 0 Å². The molecule has 0 aromatic heterocycles. The number of rotatable bonds is 12. The fourth-order valence-corrected chi connectivity index (χ4v) is 2.76. The predicted octanol–water partition coefficient (Wildman–Crippen LogP) is -0.846. The van der Waals surface area contributed by atoms with Crippen LogP contribution in [-0.2, 0) is 25.6 Å². The molecule has 172 valence electrons. The molecule has 0 aliphatic heterocycles. The Bertz CT molecular complexity index is 757. The average Bonchev–Trinajstić information content (AvgIpc) is 2.75. The van der Waals surface area contributed by atoms with Gasteiger partial charge in [0.1, 0.15) is 24.2 Å². The van der Waals surface area contributed by atoms with Gasteiger partial charge in [-0.15, -0.1) is 0 Å². The van der Waals surface area contributed by atoms with Gasteiger partial charge >= 0.3 is 5.97 Å². The summed E-state index contributed by atoms with van der Waals surface area (Å²) in [5.74, 6) is -3.48. The lowest BCUT2D eigenvalue weighted by Gasteiger charge is -2.25. The van der Waals surface area contributed by atoms with Crippen LogP contribution in [-0.4, -0.2) is 64.7 Å². The number of amides is 3. The summed E-state index contributed by atoms with van der Waals surface area (Å²) in [6.07, 6.45) is 0.670. The number of carbonyl (C=O) groups is 4. The van der Waals surface area contributed by atoms with Crippen LogP contribution in [0.15, 0.2) is 30.3 Å². The van der Waals surface area contributed by atoms with Crippen molar-refractivity contribution in [3.8, 4) is 0 Å². The van der Waals surface area contributed by atoms with Crippen LogP contribution in [0.4, 0.5) is 0 Å². The van der Waals surface area contributed by atoms with Crippen molar-refractivity contribution in [1.82, 2.24) is 16.0 Å². The molecule has 0 heterocycles. The first-order valence-electron chi connectivity index (χ1n) is 10.1. The molecule has 0 spiro atoms. The van der Waals surface area contributed by atoms with Gasteiger partial charge in [0.05, 0.1) is 6.61 Å². The topological polar surface area (TPSA) is 171 Å². The molecule has 0 radical (unpaired) electrons. The minimum Gasteiger partial charge on any atom is -0.480 e. The zero-order chi connectivity index (χ0) is 23.6. The van der Waals surface area contributed by atoms with E-state index in [-0.39, 0.29) is 12.3 Å². The molecular formula is C21H32N4O6. The molecule has 10 nitrogen and oxygen atoms in total. The Balaban J connectivity index is 2.97. The number of aliphatic hydroxyl groups excluding tert-OH is 1. The molecule has 0 aliphatic carbocycles. The van der Waals surface area contributed by atoms with Gasteiger partial charge in [-0.1, -0.05) is 50.6 Å². The molecule has 0 saturated heterocycles. The highest BCUT2D eigenvalue weighted by molar-refractivity contribution is 5.94. The minimum atomic E-state index is -1.18. The van der Waals surface area contributed by atoms with Crippen LogP contribution in [0.5, 0.6) is 0 Å². The molecule has 5 atom stereocenters. The fraction of sp³-hybridized carbons (Fsp3) is 0.524. The van der Waals surface area contributed by atoms with Crippen LogP contribution in [0.1, 0.15) is 32.8 Å². The van der Waals surface area contributed by atoms with Crippen LogP contribution in [0.3, 0.4) is 0 Å². The molecule has 0 aliphatic rings. The number of nitrogens with two attached hydrogens (primary N) is 1. The van der Waals surface area contributed by atoms with Crippen molar-refractivity contribution in [3.05, 3.63) is 35.9 Å². The number of carboxylic acid groups (broad SMARTS) is 1. The van der Waals surface area contributed by atoms with E-state index in [0.29, 0.717) is 6.42 Å². The van der Waals surface area contributed by atoms with E-state index in [1.807, 2.05) is 13.0 Å². The molecule has 1 aromatic carbocycles. The SMILES string of the molecule is CCC(C)C(NC(=O)C(Cc1ccccc1)NC(=O)C(C)NC(=O)C(N)CO)C(=O)O. The Kier molecular flexibility index (Phi) is 10.6. The number of hydrogen-bond donors (Lipinski definition) is 6. The van der Waals surface area contributed by atoms with E-state index in [4.69, 9.17) is 10.8 Å². The second-order valence-corrected chi connectivity index (χ2v) is 7.48. The predicted molar refractivity (Wildman–Crippen MR) is 114 cm³/mol. The van der Waals surface area contributed by atoms with Crippen LogP contribution >= 0.6 is 0 Å². The summed E-state index contributed by atoms with van der Waals surface area (Å²) in [6.45, 7) is 4.36. The Morgan fingerprint density at radius 2 is 1.58 bits per heavy atom. The molecule has 0 fully saturated rings. The molecule has 0 bridgehead atoms. The molecule has 5 unspecified atom stereocenters. The largest absolute Gasteiger partial charge is 0.480 e. The normalized spacial score (nSPS) is 15.6. The number of aliphatic hydroxyl groups is 1. The third-order valence-corrected chi connectivity index (χ3v) is 4.98. The monoisotopic (exact) mass is 436 g/mol. The van der Waals surface area contributed by atoms with Crippen LogP contribution < -0.4 is 21.7 Å².